The number of aryl methyl sites for hydroxylation is 1. The van der Waals surface area contributed by atoms with Crippen molar-refractivity contribution in [2.24, 2.45) is 5.92 Å². The fourth-order valence-electron chi connectivity index (χ4n) is 5.05. The van der Waals surface area contributed by atoms with Crippen molar-refractivity contribution >= 4 is 5.91 Å². The molecule has 0 N–H and O–H groups in total. The van der Waals surface area contributed by atoms with Crippen LogP contribution in [-0.4, -0.2) is 41.4 Å². The lowest BCUT2D eigenvalue weighted by molar-refractivity contribution is 0.0668. The zero-order valence-electron chi connectivity index (χ0n) is 20.0. The van der Waals surface area contributed by atoms with E-state index in [0.717, 1.165) is 18.7 Å². The van der Waals surface area contributed by atoms with E-state index in [1.54, 1.807) is 6.07 Å². The fraction of sp³-hybridized carbons (Fsp3) is 0.345. The van der Waals surface area contributed by atoms with Crippen molar-refractivity contribution in [1.82, 2.24) is 9.80 Å². The van der Waals surface area contributed by atoms with Crippen molar-refractivity contribution in [2.45, 2.75) is 39.3 Å². The Bertz CT molecular complexity index is 1130. The molecule has 34 heavy (non-hydrogen) atoms. The van der Waals surface area contributed by atoms with E-state index in [4.69, 9.17) is 0 Å². The van der Waals surface area contributed by atoms with Gasteiger partial charge in [-0.1, -0.05) is 48.5 Å². The molecule has 0 radical (unpaired) electrons. The molecule has 1 amide bonds. The highest BCUT2D eigenvalue weighted by Crippen LogP contribution is 2.36. The monoisotopic (exact) mass is 462 g/mol. The van der Waals surface area contributed by atoms with Gasteiger partial charge in [-0.05, 0) is 67.6 Å². The van der Waals surface area contributed by atoms with Crippen LogP contribution in [0.5, 0.6) is 0 Å². The van der Waals surface area contributed by atoms with Crippen LogP contribution in [0.25, 0.3) is 0 Å². The third-order valence-corrected chi connectivity index (χ3v) is 6.83. The van der Waals surface area contributed by atoms with E-state index in [1.807, 2.05) is 41.3 Å². The fourth-order valence-corrected chi connectivity index (χ4v) is 5.05. The summed E-state index contributed by atoms with van der Waals surface area (Å²) in [5, 5.41) is 0. The predicted molar refractivity (Wildman–Crippen MR) is 132 cm³/mol. The smallest absolute Gasteiger partial charge is 0.254 e. The Labute approximate surface area is 201 Å². The second-order valence-electron chi connectivity index (χ2n) is 9.58. The van der Waals surface area contributed by atoms with Gasteiger partial charge in [0.15, 0.2) is 11.6 Å². The number of amides is 1. The van der Waals surface area contributed by atoms with Crippen LogP contribution in [0.2, 0.25) is 0 Å². The third kappa shape index (κ3) is 5.36. The van der Waals surface area contributed by atoms with E-state index in [-0.39, 0.29) is 23.8 Å². The lowest BCUT2D eigenvalue weighted by Gasteiger charge is -2.32. The van der Waals surface area contributed by atoms with Crippen LogP contribution in [0.3, 0.4) is 0 Å². The average Bonchev–Trinajstić information content (AvgIpc) is 3.22. The van der Waals surface area contributed by atoms with Gasteiger partial charge >= 0.3 is 0 Å². The van der Waals surface area contributed by atoms with Crippen molar-refractivity contribution in [3.63, 3.8) is 0 Å². The van der Waals surface area contributed by atoms with Gasteiger partial charge in [0, 0.05) is 43.7 Å². The number of rotatable bonds is 7. The molecule has 1 aliphatic rings. The number of hydrogen-bond acceptors (Lipinski definition) is 2. The molecule has 2 atom stereocenters. The average molecular weight is 463 g/mol. The van der Waals surface area contributed by atoms with Gasteiger partial charge in [0.1, 0.15) is 0 Å². The van der Waals surface area contributed by atoms with Gasteiger partial charge in [0.25, 0.3) is 5.91 Å². The highest BCUT2D eigenvalue weighted by molar-refractivity contribution is 5.94. The van der Waals surface area contributed by atoms with Gasteiger partial charge in [0.05, 0.1) is 0 Å². The minimum absolute atomic E-state index is 0.0400. The van der Waals surface area contributed by atoms with E-state index in [9.17, 15) is 13.6 Å². The first-order valence-electron chi connectivity index (χ1n) is 11.9. The Kier molecular flexibility index (Phi) is 7.42. The molecule has 0 saturated carbocycles. The van der Waals surface area contributed by atoms with Gasteiger partial charge < -0.3 is 4.90 Å². The Morgan fingerprint density at radius 3 is 2.35 bits per heavy atom. The minimum Gasteiger partial charge on any atom is -0.336 e. The van der Waals surface area contributed by atoms with Crippen molar-refractivity contribution in [1.29, 1.82) is 0 Å². The molecule has 0 bridgehead atoms. The molecule has 0 spiro atoms. The number of likely N-dealkylation sites (tertiary alicyclic amines) is 1. The summed E-state index contributed by atoms with van der Waals surface area (Å²) in [6.07, 6.45) is 0. The summed E-state index contributed by atoms with van der Waals surface area (Å²) in [4.78, 5) is 17.6. The highest BCUT2D eigenvalue weighted by atomic mass is 19.2. The maximum atomic E-state index is 13.8. The first kappa shape index (κ1) is 24.1. The minimum atomic E-state index is -0.826. The topological polar surface area (TPSA) is 23.6 Å². The van der Waals surface area contributed by atoms with Crippen LogP contribution >= 0.6 is 0 Å². The van der Waals surface area contributed by atoms with Crippen molar-refractivity contribution in [2.75, 3.05) is 19.6 Å². The second kappa shape index (κ2) is 10.5. The molecular weight excluding hydrogens is 430 g/mol. The molecule has 3 aromatic carbocycles. The van der Waals surface area contributed by atoms with Crippen molar-refractivity contribution in [3.8, 4) is 0 Å². The molecule has 1 fully saturated rings. The summed E-state index contributed by atoms with van der Waals surface area (Å²) in [6.45, 7) is 9.00. The third-order valence-electron chi connectivity index (χ3n) is 6.83. The first-order valence-corrected chi connectivity index (χ1v) is 11.9. The van der Waals surface area contributed by atoms with Gasteiger partial charge in [0.2, 0.25) is 0 Å². The molecule has 4 rings (SSSR count). The normalized spacial score (nSPS) is 18.4. The summed E-state index contributed by atoms with van der Waals surface area (Å²) in [6, 6.07) is 22.0. The van der Waals surface area contributed by atoms with E-state index in [0.29, 0.717) is 18.7 Å². The van der Waals surface area contributed by atoms with E-state index >= 15 is 0 Å². The van der Waals surface area contributed by atoms with E-state index in [1.165, 1.54) is 23.3 Å². The number of halogens is 2. The maximum Gasteiger partial charge on any atom is 0.254 e. The largest absolute Gasteiger partial charge is 0.336 e. The zero-order valence-corrected chi connectivity index (χ0v) is 20.0. The van der Waals surface area contributed by atoms with Crippen LogP contribution in [0.15, 0.2) is 72.8 Å². The SMILES string of the molecule is Cc1ccccc1[C@@H]1CN(Cc2ccc(F)c(F)c2)C[C@H]1CN(C(=O)c1ccccc1)C(C)C. The molecular formula is C29H32F2N2O. The first-order chi connectivity index (χ1) is 16.3. The summed E-state index contributed by atoms with van der Waals surface area (Å²) in [5.41, 5.74) is 3.97. The Hall–Kier alpha value is -3.05. The summed E-state index contributed by atoms with van der Waals surface area (Å²) in [5.74, 6) is -1.13. The Morgan fingerprint density at radius 1 is 0.971 bits per heavy atom. The van der Waals surface area contributed by atoms with Gasteiger partial charge in [-0.25, -0.2) is 8.78 Å². The highest BCUT2D eigenvalue weighted by Gasteiger charge is 2.37. The molecule has 3 nitrogen and oxygen atoms in total. The number of hydrogen-bond donors (Lipinski definition) is 0. The molecule has 0 aromatic heterocycles. The van der Waals surface area contributed by atoms with Crippen LogP contribution in [0, 0.1) is 24.5 Å². The second-order valence-corrected chi connectivity index (χ2v) is 9.58. The van der Waals surface area contributed by atoms with Gasteiger partial charge in [-0.3, -0.25) is 9.69 Å². The Morgan fingerprint density at radius 2 is 1.68 bits per heavy atom. The molecule has 5 heteroatoms. The summed E-state index contributed by atoms with van der Waals surface area (Å²) in [7, 11) is 0. The lowest BCUT2D eigenvalue weighted by Crippen LogP contribution is -2.42. The number of benzene rings is 3. The standard InChI is InChI=1S/C29H32F2N2O/c1-20(2)33(29(34)23-10-5-4-6-11-23)18-24-17-32(16-22-13-14-27(30)28(31)15-22)19-26(24)25-12-8-7-9-21(25)3/h4-15,20,24,26H,16-19H2,1-3H3/t24-,26+/m0/s1. The lowest BCUT2D eigenvalue weighted by atomic mass is 9.86. The van der Waals surface area contributed by atoms with Gasteiger partial charge in [-0.2, -0.15) is 0 Å². The van der Waals surface area contributed by atoms with E-state index in [2.05, 4.69) is 43.9 Å². The van der Waals surface area contributed by atoms with Crippen LogP contribution in [0.4, 0.5) is 8.78 Å². The number of carbonyl (C=O) groups excluding carboxylic acids is 1. The number of nitrogens with zero attached hydrogens (tertiary/aromatic N) is 2. The van der Waals surface area contributed by atoms with Crippen molar-refractivity contribution < 1.29 is 13.6 Å². The van der Waals surface area contributed by atoms with Crippen LogP contribution < -0.4 is 0 Å². The maximum absolute atomic E-state index is 13.8. The molecule has 178 valence electrons. The summed E-state index contributed by atoms with van der Waals surface area (Å²) < 4.78 is 27.2. The number of carbonyl (C=O) groups is 1. The molecule has 3 aromatic rings. The van der Waals surface area contributed by atoms with Gasteiger partial charge in [-0.15, -0.1) is 0 Å². The van der Waals surface area contributed by atoms with Crippen LogP contribution in [-0.2, 0) is 6.54 Å². The summed E-state index contributed by atoms with van der Waals surface area (Å²) >= 11 is 0. The molecule has 1 saturated heterocycles. The zero-order chi connectivity index (χ0) is 24.2. The molecule has 1 aliphatic heterocycles. The van der Waals surface area contributed by atoms with Crippen molar-refractivity contribution in [3.05, 3.63) is 107 Å². The molecule has 0 aliphatic carbocycles. The van der Waals surface area contributed by atoms with E-state index < -0.39 is 11.6 Å². The Balaban J connectivity index is 1.59. The van der Waals surface area contributed by atoms with Crippen LogP contribution in [0.1, 0.15) is 46.8 Å². The molecule has 0 unspecified atom stereocenters. The predicted octanol–water partition coefficient (Wildman–Crippen LogP) is 6.04. The quantitative estimate of drug-likeness (QED) is 0.427. The molecule has 1 heterocycles.